The molecule has 5 nitrogen and oxygen atoms in total. The summed E-state index contributed by atoms with van der Waals surface area (Å²) in [6.45, 7) is 0.350. The Kier molecular flexibility index (Phi) is 4.12. The molecule has 1 N–H and O–H groups in total. The van der Waals surface area contributed by atoms with Crippen molar-refractivity contribution in [1.29, 1.82) is 5.26 Å². The first-order valence-electron chi connectivity index (χ1n) is 6.09. The molecule has 2 aromatic rings. The number of nitriles is 1. The van der Waals surface area contributed by atoms with Crippen molar-refractivity contribution in [2.45, 2.75) is 12.6 Å². The summed E-state index contributed by atoms with van der Waals surface area (Å²) in [6, 6.07) is 3.73. The van der Waals surface area contributed by atoms with Crippen molar-refractivity contribution < 1.29 is 13.2 Å². The van der Waals surface area contributed by atoms with Crippen LogP contribution in [0.25, 0.3) is 0 Å². The van der Waals surface area contributed by atoms with E-state index in [1.807, 2.05) is 17.7 Å². The van der Waals surface area contributed by atoms with Gasteiger partial charge in [0.05, 0.1) is 11.9 Å². The standard InChI is InChI=1S/C13H12F3N5/c1-21-8-18-7-10(21)4-5-19-12-9(6-17)2-3-11(20-12)13(14,15)16/h2-3,7-8H,4-5H2,1H3,(H,19,20). The summed E-state index contributed by atoms with van der Waals surface area (Å²) < 4.78 is 39.7. The average Bonchev–Trinajstić information content (AvgIpc) is 2.83. The highest BCUT2D eigenvalue weighted by molar-refractivity contribution is 5.52. The van der Waals surface area contributed by atoms with E-state index in [1.54, 1.807) is 12.5 Å². The molecule has 2 heterocycles. The zero-order valence-corrected chi connectivity index (χ0v) is 11.1. The van der Waals surface area contributed by atoms with Gasteiger partial charge in [-0.3, -0.25) is 0 Å². The number of aromatic nitrogens is 3. The van der Waals surface area contributed by atoms with Gasteiger partial charge in [0, 0.05) is 31.9 Å². The van der Waals surface area contributed by atoms with E-state index in [9.17, 15) is 13.2 Å². The molecular weight excluding hydrogens is 283 g/mol. The highest BCUT2D eigenvalue weighted by Crippen LogP contribution is 2.29. The van der Waals surface area contributed by atoms with Crippen LogP contribution in [0.2, 0.25) is 0 Å². The molecule has 0 spiro atoms. The zero-order chi connectivity index (χ0) is 15.5. The minimum absolute atomic E-state index is 0.0607. The largest absolute Gasteiger partial charge is 0.433 e. The second-order valence-electron chi connectivity index (χ2n) is 4.37. The van der Waals surface area contributed by atoms with Crippen LogP contribution in [-0.2, 0) is 19.6 Å². The van der Waals surface area contributed by atoms with Crippen LogP contribution >= 0.6 is 0 Å². The van der Waals surface area contributed by atoms with Gasteiger partial charge in [-0.1, -0.05) is 0 Å². The van der Waals surface area contributed by atoms with Crippen LogP contribution in [0.1, 0.15) is 17.0 Å². The second kappa shape index (κ2) is 5.83. The van der Waals surface area contributed by atoms with Gasteiger partial charge in [0.15, 0.2) is 0 Å². The topological polar surface area (TPSA) is 66.5 Å². The summed E-state index contributed by atoms with van der Waals surface area (Å²) in [5.41, 5.74) is -0.0227. The van der Waals surface area contributed by atoms with Gasteiger partial charge in [-0.05, 0) is 12.1 Å². The van der Waals surface area contributed by atoms with E-state index in [1.165, 1.54) is 0 Å². The van der Waals surface area contributed by atoms with Crippen molar-refractivity contribution in [2.75, 3.05) is 11.9 Å². The van der Waals surface area contributed by atoms with E-state index in [-0.39, 0.29) is 11.4 Å². The molecule has 0 unspecified atom stereocenters. The van der Waals surface area contributed by atoms with Gasteiger partial charge in [0.2, 0.25) is 0 Å². The van der Waals surface area contributed by atoms with E-state index in [2.05, 4.69) is 15.3 Å². The fourth-order valence-corrected chi connectivity index (χ4v) is 1.78. The van der Waals surface area contributed by atoms with Gasteiger partial charge < -0.3 is 9.88 Å². The lowest BCUT2D eigenvalue weighted by Crippen LogP contribution is -2.13. The van der Waals surface area contributed by atoms with Gasteiger partial charge in [-0.15, -0.1) is 0 Å². The third-order valence-corrected chi connectivity index (χ3v) is 2.90. The number of nitrogens with one attached hydrogen (secondary N) is 1. The molecule has 0 atom stereocenters. The molecule has 0 saturated heterocycles. The molecule has 0 fully saturated rings. The Bertz CT molecular complexity index is 669. The number of alkyl halides is 3. The normalized spacial score (nSPS) is 11.2. The van der Waals surface area contributed by atoms with Crippen molar-refractivity contribution in [3.05, 3.63) is 41.6 Å². The maximum Gasteiger partial charge on any atom is 0.433 e. The Morgan fingerprint density at radius 1 is 1.38 bits per heavy atom. The van der Waals surface area contributed by atoms with Gasteiger partial charge >= 0.3 is 6.18 Å². The van der Waals surface area contributed by atoms with Gasteiger partial charge in [-0.2, -0.15) is 18.4 Å². The molecule has 0 aliphatic rings. The van der Waals surface area contributed by atoms with Gasteiger partial charge in [-0.25, -0.2) is 9.97 Å². The summed E-state index contributed by atoms with van der Waals surface area (Å²) in [4.78, 5) is 7.42. The quantitative estimate of drug-likeness (QED) is 0.940. The van der Waals surface area contributed by atoms with E-state index in [0.717, 1.165) is 17.8 Å². The molecule has 0 saturated carbocycles. The van der Waals surface area contributed by atoms with Crippen LogP contribution in [0, 0.1) is 11.3 Å². The predicted octanol–water partition coefficient (Wildman–Crippen LogP) is 2.36. The third-order valence-electron chi connectivity index (χ3n) is 2.90. The van der Waals surface area contributed by atoms with Crippen molar-refractivity contribution >= 4 is 5.82 Å². The van der Waals surface area contributed by atoms with E-state index >= 15 is 0 Å². The number of anilines is 1. The van der Waals surface area contributed by atoms with Gasteiger partial charge in [0.1, 0.15) is 17.6 Å². The van der Waals surface area contributed by atoms with Crippen LogP contribution in [0.3, 0.4) is 0 Å². The lowest BCUT2D eigenvalue weighted by molar-refractivity contribution is -0.141. The lowest BCUT2D eigenvalue weighted by atomic mass is 10.2. The molecule has 110 valence electrons. The number of rotatable bonds is 4. The molecule has 2 aromatic heterocycles. The highest BCUT2D eigenvalue weighted by Gasteiger charge is 2.33. The highest BCUT2D eigenvalue weighted by atomic mass is 19.4. The first-order chi connectivity index (χ1) is 9.91. The maximum atomic E-state index is 12.6. The SMILES string of the molecule is Cn1cncc1CCNc1nc(C(F)(F)F)ccc1C#N. The summed E-state index contributed by atoms with van der Waals surface area (Å²) in [5, 5.41) is 11.7. The van der Waals surface area contributed by atoms with Crippen LogP contribution in [0.4, 0.5) is 19.0 Å². The maximum absolute atomic E-state index is 12.6. The Balaban J connectivity index is 2.11. The van der Waals surface area contributed by atoms with Crippen LogP contribution < -0.4 is 5.32 Å². The van der Waals surface area contributed by atoms with E-state index in [0.29, 0.717) is 13.0 Å². The Labute approximate surface area is 119 Å². The monoisotopic (exact) mass is 295 g/mol. The summed E-state index contributed by atoms with van der Waals surface area (Å²) in [7, 11) is 1.82. The molecular formula is C13H12F3N5. The molecule has 0 amide bonds. The fraction of sp³-hybridized carbons (Fsp3) is 0.308. The first kappa shape index (κ1) is 14.8. The smallest absolute Gasteiger partial charge is 0.369 e. The van der Waals surface area contributed by atoms with Crippen molar-refractivity contribution in [3.63, 3.8) is 0 Å². The van der Waals surface area contributed by atoms with Crippen molar-refractivity contribution in [2.24, 2.45) is 7.05 Å². The van der Waals surface area contributed by atoms with Gasteiger partial charge in [0.25, 0.3) is 0 Å². The number of pyridine rings is 1. The minimum Gasteiger partial charge on any atom is -0.369 e. The molecule has 0 aromatic carbocycles. The number of hydrogen-bond donors (Lipinski definition) is 1. The molecule has 21 heavy (non-hydrogen) atoms. The van der Waals surface area contributed by atoms with Crippen LogP contribution in [0.5, 0.6) is 0 Å². The number of halogens is 3. The number of aryl methyl sites for hydroxylation is 1. The molecule has 0 radical (unpaired) electrons. The molecule has 0 aliphatic heterocycles. The Morgan fingerprint density at radius 3 is 2.71 bits per heavy atom. The molecule has 0 aliphatic carbocycles. The first-order valence-corrected chi connectivity index (χ1v) is 6.09. The second-order valence-corrected chi connectivity index (χ2v) is 4.37. The lowest BCUT2D eigenvalue weighted by Gasteiger charge is -2.11. The summed E-state index contributed by atoms with van der Waals surface area (Å²) in [5.74, 6) is -0.0607. The summed E-state index contributed by atoms with van der Waals surface area (Å²) >= 11 is 0. The molecule has 0 bridgehead atoms. The molecule has 8 heteroatoms. The predicted molar refractivity (Wildman–Crippen MR) is 69.4 cm³/mol. The van der Waals surface area contributed by atoms with Crippen molar-refractivity contribution in [3.8, 4) is 6.07 Å². The number of hydrogen-bond acceptors (Lipinski definition) is 4. The zero-order valence-electron chi connectivity index (χ0n) is 11.1. The number of imidazole rings is 1. The van der Waals surface area contributed by atoms with Crippen LogP contribution in [0.15, 0.2) is 24.7 Å². The van der Waals surface area contributed by atoms with E-state index in [4.69, 9.17) is 5.26 Å². The Hall–Kier alpha value is -2.56. The third kappa shape index (κ3) is 3.51. The van der Waals surface area contributed by atoms with Crippen LogP contribution in [-0.4, -0.2) is 21.1 Å². The fourth-order valence-electron chi connectivity index (χ4n) is 1.78. The Morgan fingerprint density at radius 2 is 2.14 bits per heavy atom. The number of nitrogens with zero attached hydrogens (tertiary/aromatic N) is 4. The average molecular weight is 295 g/mol. The van der Waals surface area contributed by atoms with E-state index < -0.39 is 11.9 Å². The summed E-state index contributed by atoms with van der Waals surface area (Å²) in [6.07, 6.45) is -0.670. The van der Waals surface area contributed by atoms with Crippen molar-refractivity contribution in [1.82, 2.24) is 14.5 Å². The molecule has 2 rings (SSSR count). The minimum atomic E-state index is -4.54.